The fraction of sp³-hybridized carbons (Fsp3) is 0.487. The number of carbonyl (C=O) groups is 2. The van der Waals surface area contributed by atoms with Crippen molar-refractivity contribution in [2.45, 2.75) is 105 Å². The third kappa shape index (κ3) is 11.8. The summed E-state index contributed by atoms with van der Waals surface area (Å²) in [5, 5.41) is 3.10. The first kappa shape index (κ1) is 37.3. The van der Waals surface area contributed by atoms with Gasteiger partial charge in [0.25, 0.3) is 0 Å². The van der Waals surface area contributed by atoms with Gasteiger partial charge >= 0.3 is 12.0 Å². The molecule has 0 saturated carbocycles. The first-order valence-corrected chi connectivity index (χ1v) is 16.8. The van der Waals surface area contributed by atoms with E-state index < -0.39 is 11.6 Å². The molecular formula is C39H54N2O6. The number of hydrogen-bond acceptors (Lipinski definition) is 6. The average molecular weight is 647 g/mol. The van der Waals surface area contributed by atoms with Crippen LogP contribution in [-0.4, -0.2) is 42.8 Å². The molecule has 3 aromatic carbocycles. The van der Waals surface area contributed by atoms with Crippen molar-refractivity contribution in [1.82, 2.24) is 4.90 Å². The van der Waals surface area contributed by atoms with Crippen molar-refractivity contribution in [3.63, 3.8) is 0 Å². The lowest BCUT2D eigenvalue weighted by Crippen LogP contribution is -2.39. The van der Waals surface area contributed by atoms with E-state index in [1.807, 2.05) is 41.3 Å². The molecule has 0 aliphatic carbocycles. The molecule has 0 spiro atoms. The van der Waals surface area contributed by atoms with Crippen molar-refractivity contribution in [2.24, 2.45) is 0 Å². The normalized spacial score (nSPS) is 11.5. The van der Waals surface area contributed by atoms with E-state index in [1.54, 1.807) is 33.9 Å². The van der Waals surface area contributed by atoms with Gasteiger partial charge in [-0.1, -0.05) is 89.8 Å². The minimum absolute atomic E-state index is 0.0718. The summed E-state index contributed by atoms with van der Waals surface area (Å²) in [5.74, 6) is 1.30. The lowest BCUT2D eigenvalue weighted by molar-refractivity contribution is -0.158. The van der Waals surface area contributed by atoms with E-state index in [0.717, 1.165) is 36.8 Å². The second-order valence-electron chi connectivity index (χ2n) is 13.3. The maximum absolute atomic E-state index is 13.8. The highest BCUT2D eigenvalue weighted by molar-refractivity contribution is 5.91. The fourth-order valence-electron chi connectivity index (χ4n) is 4.99. The molecule has 8 nitrogen and oxygen atoms in total. The molecule has 0 unspecified atom stereocenters. The van der Waals surface area contributed by atoms with E-state index in [-0.39, 0.29) is 18.1 Å². The van der Waals surface area contributed by atoms with E-state index in [2.05, 4.69) is 57.3 Å². The molecule has 3 rings (SSSR count). The average Bonchev–Trinajstić information content (AvgIpc) is 3.04. The SMILES string of the molecule is CCCCCCCN(Cc1ccc(OC(C)(C)C(=O)OCC)cc1)C(=O)Nc1ccc(OC)cc1OCc1ccc(C(C)(C)C)cc1. The van der Waals surface area contributed by atoms with E-state index in [9.17, 15) is 9.59 Å². The molecule has 256 valence electrons. The fourth-order valence-corrected chi connectivity index (χ4v) is 4.99. The van der Waals surface area contributed by atoms with Gasteiger partial charge in [-0.05, 0) is 73.6 Å². The Morgan fingerprint density at radius 1 is 0.787 bits per heavy atom. The second kappa shape index (κ2) is 17.6. The van der Waals surface area contributed by atoms with E-state index in [1.165, 1.54) is 12.0 Å². The maximum Gasteiger partial charge on any atom is 0.349 e. The lowest BCUT2D eigenvalue weighted by atomic mass is 9.87. The van der Waals surface area contributed by atoms with E-state index in [4.69, 9.17) is 18.9 Å². The predicted molar refractivity (Wildman–Crippen MR) is 188 cm³/mol. The quantitative estimate of drug-likeness (QED) is 0.116. The van der Waals surface area contributed by atoms with Crippen LogP contribution in [-0.2, 0) is 28.1 Å². The van der Waals surface area contributed by atoms with Crippen LogP contribution in [0.4, 0.5) is 10.5 Å². The third-order valence-electron chi connectivity index (χ3n) is 7.90. The van der Waals surface area contributed by atoms with Crippen molar-refractivity contribution < 1.29 is 28.5 Å². The van der Waals surface area contributed by atoms with Gasteiger partial charge in [0.05, 0.1) is 19.4 Å². The number of hydrogen-bond donors (Lipinski definition) is 1. The number of nitrogens with one attached hydrogen (secondary N) is 1. The Kier molecular flexibility index (Phi) is 14.0. The summed E-state index contributed by atoms with van der Waals surface area (Å²) in [4.78, 5) is 27.9. The zero-order valence-corrected chi connectivity index (χ0v) is 29.6. The van der Waals surface area contributed by atoms with Crippen LogP contribution in [0.5, 0.6) is 17.2 Å². The van der Waals surface area contributed by atoms with Gasteiger partial charge in [-0.15, -0.1) is 0 Å². The Bertz CT molecular complexity index is 1410. The summed E-state index contributed by atoms with van der Waals surface area (Å²) in [6.07, 6.45) is 5.44. The number of amides is 2. The molecule has 8 heteroatoms. The van der Waals surface area contributed by atoms with E-state index in [0.29, 0.717) is 42.6 Å². The molecule has 0 radical (unpaired) electrons. The summed E-state index contributed by atoms with van der Waals surface area (Å²) in [7, 11) is 1.61. The highest BCUT2D eigenvalue weighted by Gasteiger charge is 2.31. The number of ether oxygens (including phenoxy) is 4. The predicted octanol–water partition coefficient (Wildman–Crippen LogP) is 9.30. The first-order valence-electron chi connectivity index (χ1n) is 16.8. The Balaban J connectivity index is 1.75. The molecule has 3 aromatic rings. The molecule has 0 atom stereocenters. The molecular weight excluding hydrogens is 592 g/mol. The topological polar surface area (TPSA) is 86.3 Å². The Hall–Kier alpha value is -4.20. The largest absolute Gasteiger partial charge is 0.497 e. The van der Waals surface area contributed by atoms with Crippen molar-refractivity contribution in [3.05, 3.63) is 83.4 Å². The highest BCUT2D eigenvalue weighted by atomic mass is 16.6. The van der Waals surface area contributed by atoms with Crippen LogP contribution in [0.25, 0.3) is 0 Å². The molecule has 0 saturated heterocycles. The smallest absolute Gasteiger partial charge is 0.349 e. The second-order valence-corrected chi connectivity index (χ2v) is 13.3. The van der Waals surface area contributed by atoms with Crippen LogP contribution in [0.3, 0.4) is 0 Å². The molecule has 0 aromatic heterocycles. The van der Waals surface area contributed by atoms with Gasteiger partial charge in [0.2, 0.25) is 0 Å². The number of methoxy groups -OCH3 is 1. The lowest BCUT2D eigenvalue weighted by Gasteiger charge is -2.25. The van der Waals surface area contributed by atoms with Crippen LogP contribution in [0, 0.1) is 0 Å². The van der Waals surface area contributed by atoms with Gasteiger partial charge in [0, 0.05) is 19.2 Å². The summed E-state index contributed by atoms with van der Waals surface area (Å²) >= 11 is 0. The number of rotatable bonds is 17. The standard InChI is InChI=1S/C39H54N2O6/c1-9-11-12-13-14-25-41(27-29-17-21-32(22-18-29)47-39(6,7)36(42)45-10-2)37(43)40-34-24-23-33(44-8)26-35(34)46-28-30-15-19-31(20-16-30)38(3,4)5/h15-24,26H,9-14,25,27-28H2,1-8H3,(H,40,43). The summed E-state index contributed by atoms with van der Waals surface area (Å²) in [6, 6.07) is 21.1. The van der Waals surface area contributed by atoms with Gasteiger partial charge in [-0.2, -0.15) is 0 Å². The van der Waals surface area contributed by atoms with Crippen LogP contribution in [0.1, 0.15) is 97.3 Å². The van der Waals surface area contributed by atoms with Gasteiger partial charge in [0.15, 0.2) is 5.60 Å². The number of urea groups is 1. The Morgan fingerprint density at radius 3 is 2.04 bits per heavy atom. The summed E-state index contributed by atoms with van der Waals surface area (Å²) < 4.78 is 22.8. The molecule has 47 heavy (non-hydrogen) atoms. The molecule has 0 bridgehead atoms. The van der Waals surface area contributed by atoms with Gasteiger partial charge < -0.3 is 29.2 Å². The van der Waals surface area contributed by atoms with Crippen LogP contribution < -0.4 is 19.5 Å². The molecule has 0 heterocycles. The number of carbonyl (C=O) groups excluding carboxylic acids is 2. The number of esters is 1. The van der Waals surface area contributed by atoms with Crippen LogP contribution in [0.15, 0.2) is 66.7 Å². The third-order valence-corrected chi connectivity index (χ3v) is 7.90. The number of nitrogens with zero attached hydrogens (tertiary/aromatic N) is 1. The number of unbranched alkanes of at least 4 members (excludes halogenated alkanes) is 4. The molecule has 1 N–H and O–H groups in total. The van der Waals surface area contributed by atoms with Gasteiger partial charge in [0.1, 0.15) is 23.9 Å². The summed E-state index contributed by atoms with van der Waals surface area (Å²) in [5.41, 5.74) is 2.76. The monoisotopic (exact) mass is 646 g/mol. The van der Waals surface area contributed by atoms with Crippen molar-refractivity contribution >= 4 is 17.7 Å². The Morgan fingerprint density at radius 2 is 1.43 bits per heavy atom. The summed E-state index contributed by atoms with van der Waals surface area (Å²) in [6.45, 7) is 15.6. The van der Waals surface area contributed by atoms with Crippen molar-refractivity contribution in [3.8, 4) is 17.2 Å². The van der Waals surface area contributed by atoms with Crippen molar-refractivity contribution in [2.75, 3.05) is 25.6 Å². The zero-order valence-electron chi connectivity index (χ0n) is 29.6. The first-order chi connectivity index (χ1) is 22.4. The minimum Gasteiger partial charge on any atom is -0.497 e. The van der Waals surface area contributed by atoms with Crippen LogP contribution >= 0.6 is 0 Å². The van der Waals surface area contributed by atoms with Crippen LogP contribution in [0.2, 0.25) is 0 Å². The number of anilines is 1. The zero-order chi connectivity index (χ0) is 34.5. The maximum atomic E-state index is 13.8. The van der Waals surface area contributed by atoms with Gasteiger partial charge in [-0.25, -0.2) is 9.59 Å². The van der Waals surface area contributed by atoms with Gasteiger partial charge in [-0.3, -0.25) is 0 Å². The Labute approximate surface area is 281 Å². The molecule has 0 fully saturated rings. The van der Waals surface area contributed by atoms with E-state index >= 15 is 0 Å². The number of benzene rings is 3. The van der Waals surface area contributed by atoms with Crippen molar-refractivity contribution in [1.29, 1.82) is 0 Å². The molecule has 0 aliphatic heterocycles. The minimum atomic E-state index is -1.12. The highest BCUT2D eigenvalue weighted by Crippen LogP contribution is 2.31. The molecule has 2 amide bonds. The molecule has 0 aliphatic rings.